The number of imide groups is 1. The monoisotopic (exact) mass is 1100 g/mol. The molecule has 25 nitrogen and oxygen atoms in total. The van der Waals surface area contributed by atoms with Gasteiger partial charge in [-0.3, -0.25) is 52.8 Å². The van der Waals surface area contributed by atoms with Crippen molar-refractivity contribution in [3.05, 3.63) is 110 Å². The minimum absolute atomic E-state index is 0.0318. The van der Waals surface area contributed by atoms with Crippen molar-refractivity contribution in [2.45, 2.75) is 101 Å². The number of aliphatic carboxylic acids is 1. The molecule has 1 fully saturated rings. The Morgan fingerprint density at radius 3 is 2.24 bits per heavy atom. The van der Waals surface area contributed by atoms with Crippen molar-refractivity contribution in [2.75, 3.05) is 39.5 Å². The molecule has 0 radical (unpaired) electrons. The lowest BCUT2D eigenvalue weighted by Gasteiger charge is -2.41. The van der Waals surface area contributed by atoms with Gasteiger partial charge in [-0.15, -0.1) is 0 Å². The second kappa shape index (κ2) is 22.9. The van der Waals surface area contributed by atoms with Crippen LogP contribution in [0.3, 0.4) is 0 Å². The summed E-state index contributed by atoms with van der Waals surface area (Å²) >= 11 is 0. The van der Waals surface area contributed by atoms with E-state index in [0.29, 0.717) is 81.5 Å². The van der Waals surface area contributed by atoms with E-state index in [1.807, 2.05) is 0 Å². The average Bonchev–Trinajstić information content (AvgIpc) is 4.15. The average molecular weight is 1110 g/mol. The van der Waals surface area contributed by atoms with Crippen molar-refractivity contribution >= 4 is 70.1 Å². The van der Waals surface area contributed by atoms with Crippen LogP contribution < -0.4 is 42.8 Å². The molecule has 5 aliphatic rings. The van der Waals surface area contributed by atoms with Crippen LogP contribution in [0.5, 0.6) is 0 Å². The van der Waals surface area contributed by atoms with Crippen molar-refractivity contribution in [1.82, 2.24) is 51.7 Å². The number of benzene rings is 2. The van der Waals surface area contributed by atoms with E-state index in [1.54, 1.807) is 50.2 Å². The fraction of sp³-hybridized carbons (Fsp3) is 0.407. The van der Waals surface area contributed by atoms with Gasteiger partial charge in [0.2, 0.25) is 29.5 Å². The van der Waals surface area contributed by atoms with Crippen molar-refractivity contribution in [2.24, 2.45) is 0 Å². The Morgan fingerprint density at radius 1 is 0.875 bits per heavy atom. The quantitative estimate of drug-likeness (QED) is 0.0221. The molecule has 4 atom stereocenters. The van der Waals surface area contributed by atoms with Crippen molar-refractivity contribution in [3.63, 3.8) is 0 Å². The van der Waals surface area contributed by atoms with Crippen LogP contribution in [0.25, 0.3) is 22.3 Å². The highest BCUT2D eigenvalue weighted by molar-refractivity contribution is 6.15. The van der Waals surface area contributed by atoms with Gasteiger partial charge in [-0.2, -0.15) is 0 Å². The van der Waals surface area contributed by atoms with E-state index in [1.165, 1.54) is 10.6 Å². The van der Waals surface area contributed by atoms with Crippen molar-refractivity contribution < 1.29 is 72.0 Å². The van der Waals surface area contributed by atoms with Crippen LogP contribution in [0.4, 0.5) is 4.39 Å². The molecule has 0 saturated heterocycles. The summed E-state index contributed by atoms with van der Waals surface area (Å²) in [6.45, 7) is -0.428. The number of hydrogen-bond acceptors (Lipinski definition) is 16. The van der Waals surface area contributed by atoms with Crippen molar-refractivity contribution in [3.8, 4) is 11.4 Å². The highest BCUT2D eigenvalue weighted by atomic mass is 19.1. The topological polar surface area (TPSA) is 352 Å². The Hall–Kier alpha value is -8.75. The molecule has 4 aromatic rings. The number of aromatic nitrogens is 2. The molecule has 9 N–H and O–H groups in total. The molecule has 9 rings (SSSR count). The fourth-order valence-electron chi connectivity index (χ4n) is 10.7. The second-order valence-corrected chi connectivity index (χ2v) is 20.1. The summed E-state index contributed by atoms with van der Waals surface area (Å²) in [5, 5.41) is 38.8. The van der Waals surface area contributed by atoms with E-state index in [9.17, 15) is 57.8 Å². The molecule has 420 valence electrons. The number of carbonyl (C=O) groups excluding carboxylic acids is 9. The van der Waals surface area contributed by atoms with Gasteiger partial charge >= 0.3 is 11.9 Å². The molecule has 0 bridgehead atoms. The van der Waals surface area contributed by atoms with Gasteiger partial charge in [-0.1, -0.05) is 37.3 Å². The molecule has 3 aliphatic heterocycles. The standard InChI is InChI=1S/C54H57FN10O15/c1-3-54(78)32-17-37-47-30(24-64(37)50(75)31(32)25-79-52(54)77)46-34(11-10-29-27(2)33(55)18-35(62-47)45(29)46)63-51(76)53(14-7-15-53)80-26-60-40(67)21-58-48(73)36(16-28-8-5-4-6-9-28)61-41(68)22-57-39(66)20-59-49(74)38(19-56-23-44(71)72)65-42(69)12-13-43(65)70/h4-6,8-9,12-13,17-18,34,36,38,56,78H,3,7,10-11,14-16,19-26H2,1-2H3,(H,57,66)(H,58,73)(H,59,74)(H,60,67)(H,61,68)(H,63,76)(H,71,72)/t34-,36+,38+,54+/m1/s1. The summed E-state index contributed by atoms with van der Waals surface area (Å²) in [5.41, 5.74) is 0.363. The number of nitrogens with zero attached hydrogens (tertiary/aromatic N) is 3. The molecule has 5 heterocycles. The van der Waals surface area contributed by atoms with E-state index in [0.717, 1.165) is 17.7 Å². The molecule has 8 amide bonds. The van der Waals surface area contributed by atoms with Crippen LogP contribution in [-0.2, 0) is 89.0 Å². The third kappa shape index (κ3) is 11.0. The third-order valence-electron chi connectivity index (χ3n) is 15.2. The highest BCUT2D eigenvalue weighted by Gasteiger charge is 2.49. The Morgan fingerprint density at radius 2 is 1.56 bits per heavy atom. The van der Waals surface area contributed by atoms with Crippen LogP contribution in [0.2, 0.25) is 0 Å². The number of halogens is 1. The molecule has 0 spiro atoms. The van der Waals surface area contributed by atoms with Gasteiger partial charge < -0.3 is 61.5 Å². The smallest absolute Gasteiger partial charge is 0.343 e. The number of carboxylic acid groups (broad SMARTS) is 1. The van der Waals surface area contributed by atoms with Gasteiger partial charge in [-0.05, 0) is 73.8 Å². The van der Waals surface area contributed by atoms with Gasteiger partial charge in [0.25, 0.3) is 23.3 Å². The number of cyclic esters (lactones) is 1. The maximum absolute atomic E-state index is 15.5. The van der Waals surface area contributed by atoms with Gasteiger partial charge in [0.05, 0.1) is 61.2 Å². The molecular weight excluding hydrogens is 1050 g/mol. The first-order valence-corrected chi connectivity index (χ1v) is 25.9. The number of aryl methyl sites for hydroxylation is 1. The van der Waals surface area contributed by atoms with Crippen LogP contribution in [0.1, 0.15) is 84.0 Å². The third-order valence-corrected chi connectivity index (χ3v) is 15.2. The zero-order valence-corrected chi connectivity index (χ0v) is 43.5. The van der Waals surface area contributed by atoms with E-state index >= 15 is 4.39 Å². The highest BCUT2D eigenvalue weighted by Crippen LogP contribution is 2.47. The number of hydrogen-bond donors (Lipinski definition) is 9. The number of esters is 1. The van der Waals surface area contributed by atoms with Gasteiger partial charge in [-0.25, -0.2) is 14.2 Å². The number of amides is 8. The minimum Gasteiger partial charge on any atom is -0.480 e. The Bertz CT molecular complexity index is 3360. The Balaban J connectivity index is 0.806. The number of fused-ring (bicyclic) bond motifs is 5. The van der Waals surface area contributed by atoms with Gasteiger partial charge in [0.1, 0.15) is 36.8 Å². The number of carboxylic acids is 1. The maximum Gasteiger partial charge on any atom is 0.343 e. The predicted molar refractivity (Wildman–Crippen MR) is 275 cm³/mol. The Labute approximate surface area is 454 Å². The van der Waals surface area contributed by atoms with Crippen LogP contribution in [0.15, 0.2) is 59.4 Å². The number of rotatable bonds is 22. The first-order valence-electron chi connectivity index (χ1n) is 25.9. The first-order chi connectivity index (χ1) is 38.2. The lowest BCUT2D eigenvalue weighted by atomic mass is 9.77. The molecule has 80 heavy (non-hydrogen) atoms. The van der Waals surface area contributed by atoms with Crippen molar-refractivity contribution in [1.29, 1.82) is 0 Å². The summed E-state index contributed by atoms with van der Waals surface area (Å²) in [5.74, 6) is -8.85. The fourth-order valence-corrected chi connectivity index (χ4v) is 10.7. The van der Waals surface area contributed by atoms with Crippen LogP contribution >= 0.6 is 0 Å². The number of nitrogens with one attached hydrogen (secondary N) is 7. The molecule has 1 saturated carbocycles. The summed E-state index contributed by atoms with van der Waals surface area (Å²) in [7, 11) is 0. The van der Waals surface area contributed by atoms with E-state index < -0.39 is 139 Å². The van der Waals surface area contributed by atoms with Gasteiger partial charge in [0.15, 0.2) is 5.60 Å². The lowest BCUT2D eigenvalue weighted by molar-refractivity contribution is -0.172. The number of carbonyl (C=O) groups is 10. The number of pyridine rings is 2. The first kappa shape index (κ1) is 56.0. The zero-order valence-electron chi connectivity index (χ0n) is 43.5. The van der Waals surface area contributed by atoms with E-state index in [2.05, 4.69) is 37.2 Å². The second-order valence-electron chi connectivity index (χ2n) is 20.1. The molecular formula is C54H57FN10O15. The van der Waals surface area contributed by atoms with Gasteiger partial charge in [0, 0.05) is 47.7 Å². The lowest BCUT2D eigenvalue weighted by Crippen LogP contribution is -2.56. The Kier molecular flexibility index (Phi) is 16.0. The summed E-state index contributed by atoms with van der Waals surface area (Å²) < 4.78 is 28.3. The van der Waals surface area contributed by atoms with E-state index in [-0.39, 0.29) is 37.1 Å². The molecule has 0 unspecified atom stereocenters. The molecule has 2 aromatic carbocycles. The summed E-state index contributed by atoms with van der Waals surface area (Å²) in [6.07, 6.45) is 3.76. The SMILES string of the molecule is CC[C@@]1(O)C(=O)OCc2c1cc1n(c2=O)Cc2c-1nc1cc(F)c(C)c3c1c2[C@H](NC(=O)C1(OCNC(=O)CNC(=O)[C@H](Cc2ccccc2)NC(=O)CNC(=O)CNC(=O)[C@H](CNCC(=O)O)N2C(=O)C=CC2=O)CCC1)CC3. The molecule has 26 heteroatoms. The largest absolute Gasteiger partial charge is 0.480 e. The summed E-state index contributed by atoms with van der Waals surface area (Å²) in [4.78, 5) is 148. The minimum atomic E-state index is -2.07. The van der Waals surface area contributed by atoms with E-state index in [4.69, 9.17) is 19.6 Å². The maximum atomic E-state index is 15.5. The number of aliphatic hydroxyl groups is 1. The summed E-state index contributed by atoms with van der Waals surface area (Å²) in [6, 6.07) is 8.05. The van der Waals surface area contributed by atoms with Crippen LogP contribution in [0, 0.1) is 12.7 Å². The van der Waals surface area contributed by atoms with Crippen LogP contribution in [-0.4, -0.2) is 141 Å². The number of ether oxygens (including phenoxy) is 2. The zero-order chi connectivity index (χ0) is 57.2. The normalized spacial score (nSPS) is 18.9. The predicted octanol–water partition coefficient (Wildman–Crippen LogP) is -1.31. The molecule has 2 aromatic heterocycles. The molecule has 2 aliphatic carbocycles.